The summed E-state index contributed by atoms with van der Waals surface area (Å²) >= 11 is 0. The zero-order valence-electron chi connectivity index (χ0n) is 11.4. The van der Waals surface area contributed by atoms with E-state index in [0.717, 1.165) is 13.1 Å². The van der Waals surface area contributed by atoms with Crippen LogP contribution in [0.1, 0.15) is 10.5 Å². The van der Waals surface area contributed by atoms with Gasteiger partial charge in [-0.25, -0.2) is 0 Å². The van der Waals surface area contributed by atoms with Crippen molar-refractivity contribution in [3.05, 3.63) is 30.4 Å². The highest BCUT2D eigenvalue weighted by molar-refractivity contribution is 6.02. The van der Waals surface area contributed by atoms with Gasteiger partial charge in [-0.15, -0.1) is 0 Å². The van der Waals surface area contributed by atoms with Crippen LogP contribution in [0.4, 0.5) is 5.69 Å². The van der Waals surface area contributed by atoms with E-state index in [0.29, 0.717) is 11.4 Å². The SMILES string of the molecule is CN(C)CCn1cc(NC(=O)c2ccn(C)n2)cn1. The van der Waals surface area contributed by atoms with Crippen molar-refractivity contribution in [2.45, 2.75) is 6.54 Å². The Morgan fingerprint density at radius 3 is 2.89 bits per heavy atom. The standard InChI is InChI=1S/C12H18N6O/c1-16(2)6-7-18-9-10(8-13-18)14-12(19)11-4-5-17(3)15-11/h4-5,8-9H,6-7H2,1-3H3,(H,14,19). The van der Waals surface area contributed by atoms with Crippen molar-refractivity contribution in [1.82, 2.24) is 24.5 Å². The number of aromatic nitrogens is 4. The van der Waals surface area contributed by atoms with E-state index in [1.807, 2.05) is 20.3 Å². The van der Waals surface area contributed by atoms with E-state index in [2.05, 4.69) is 20.4 Å². The van der Waals surface area contributed by atoms with Crippen LogP contribution >= 0.6 is 0 Å². The van der Waals surface area contributed by atoms with Crippen LogP contribution in [0.15, 0.2) is 24.7 Å². The highest BCUT2D eigenvalue weighted by atomic mass is 16.2. The zero-order chi connectivity index (χ0) is 13.8. The van der Waals surface area contributed by atoms with E-state index < -0.39 is 0 Å². The summed E-state index contributed by atoms with van der Waals surface area (Å²) in [5.41, 5.74) is 1.07. The van der Waals surface area contributed by atoms with Gasteiger partial charge in [0.05, 0.1) is 18.4 Å². The first-order valence-electron chi connectivity index (χ1n) is 6.03. The van der Waals surface area contributed by atoms with Gasteiger partial charge < -0.3 is 10.2 Å². The molecule has 19 heavy (non-hydrogen) atoms. The molecule has 2 heterocycles. The summed E-state index contributed by atoms with van der Waals surface area (Å²) in [5.74, 6) is -0.229. The molecule has 0 saturated heterocycles. The fraction of sp³-hybridized carbons (Fsp3) is 0.417. The van der Waals surface area contributed by atoms with Crippen LogP contribution < -0.4 is 5.32 Å². The first-order chi connectivity index (χ1) is 9.04. The predicted octanol–water partition coefficient (Wildman–Crippen LogP) is 0.430. The van der Waals surface area contributed by atoms with Crippen molar-refractivity contribution in [3.63, 3.8) is 0 Å². The minimum absolute atomic E-state index is 0.229. The molecule has 1 amide bonds. The van der Waals surface area contributed by atoms with Crippen LogP contribution in [0.25, 0.3) is 0 Å². The minimum Gasteiger partial charge on any atom is -0.318 e. The van der Waals surface area contributed by atoms with E-state index in [-0.39, 0.29) is 5.91 Å². The molecular formula is C12H18N6O. The van der Waals surface area contributed by atoms with Gasteiger partial charge in [0.25, 0.3) is 5.91 Å². The normalized spacial score (nSPS) is 10.9. The summed E-state index contributed by atoms with van der Waals surface area (Å²) < 4.78 is 3.39. The average molecular weight is 262 g/mol. The maximum atomic E-state index is 11.9. The number of rotatable bonds is 5. The lowest BCUT2D eigenvalue weighted by Gasteiger charge is -2.08. The third kappa shape index (κ3) is 3.65. The monoisotopic (exact) mass is 262 g/mol. The molecule has 0 aliphatic heterocycles. The van der Waals surface area contributed by atoms with Gasteiger partial charge in [-0.1, -0.05) is 0 Å². The van der Waals surface area contributed by atoms with Crippen LogP contribution in [-0.2, 0) is 13.6 Å². The first-order valence-corrected chi connectivity index (χ1v) is 6.03. The van der Waals surface area contributed by atoms with E-state index in [4.69, 9.17) is 0 Å². The van der Waals surface area contributed by atoms with Gasteiger partial charge in [0.2, 0.25) is 0 Å². The number of amides is 1. The van der Waals surface area contributed by atoms with Gasteiger partial charge >= 0.3 is 0 Å². The fourth-order valence-electron chi connectivity index (χ4n) is 1.58. The highest BCUT2D eigenvalue weighted by Gasteiger charge is 2.10. The molecule has 2 rings (SSSR count). The molecule has 0 aromatic carbocycles. The van der Waals surface area contributed by atoms with Gasteiger partial charge in [-0.2, -0.15) is 10.2 Å². The van der Waals surface area contributed by atoms with E-state index >= 15 is 0 Å². The highest BCUT2D eigenvalue weighted by Crippen LogP contribution is 2.07. The maximum absolute atomic E-state index is 11.9. The molecule has 1 N–H and O–H groups in total. The molecule has 0 radical (unpaired) electrons. The number of hydrogen-bond acceptors (Lipinski definition) is 4. The van der Waals surface area contributed by atoms with E-state index in [9.17, 15) is 4.79 Å². The maximum Gasteiger partial charge on any atom is 0.276 e. The van der Waals surface area contributed by atoms with Crippen molar-refractivity contribution < 1.29 is 4.79 Å². The predicted molar refractivity (Wildman–Crippen MR) is 71.9 cm³/mol. The third-order valence-electron chi connectivity index (χ3n) is 2.61. The van der Waals surface area contributed by atoms with Crippen LogP contribution in [0, 0.1) is 0 Å². The van der Waals surface area contributed by atoms with Gasteiger partial charge in [0.1, 0.15) is 0 Å². The smallest absolute Gasteiger partial charge is 0.276 e. The van der Waals surface area contributed by atoms with E-state index in [1.54, 1.807) is 34.9 Å². The lowest BCUT2D eigenvalue weighted by atomic mass is 10.4. The Morgan fingerprint density at radius 2 is 2.26 bits per heavy atom. The molecular weight excluding hydrogens is 244 g/mol. The van der Waals surface area contributed by atoms with Gasteiger partial charge in [-0.05, 0) is 20.2 Å². The van der Waals surface area contributed by atoms with Crippen LogP contribution in [0.2, 0.25) is 0 Å². The fourth-order valence-corrected chi connectivity index (χ4v) is 1.58. The Kier molecular flexibility index (Phi) is 3.96. The quantitative estimate of drug-likeness (QED) is 0.848. The molecule has 0 saturated carbocycles. The first kappa shape index (κ1) is 13.3. The number of carbonyl (C=O) groups is 1. The van der Waals surface area contributed by atoms with E-state index in [1.165, 1.54) is 0 Å². The summed E-state index contributed by atoms with van der Waals surface area (Å²) in [5, 5.41) is 11.0. The summed E-state index contributed by atoms with van der Waals surface area (Å²) in [6.45, 7) is 1.68. The zero-order valence-corrected chi connectivity index (χ0v) is 11.4. The Labute approximate surface area is 111 Å². The molecule has 2 aromatic rings. The molecule has 2 aromatic heterocycles. The molecule has 0 fully saturated rings. The van der Waals surface area contributed by atoms with Crippen molar-refractivity contribution in [2.75, 3.05) is 26.0 Å². The molecule has 7 heteroatoms. The molecule has 0 unspecified atom stereocenters. The lowest BCUT2D eigenvalue weighted by Crippen LogP contribution is -2.18. The van der Waals surface area contributed by atoms with Gasteiger partial charge in [0, 0.05) is 26.0 Å². The largest absolute Gasteiger partial charge is 0.318 e. The molecule has 0 aliphatic rings. The number of likely N-dealkylation sites (N-methyl/N-ethyl adjacent to an activating group) is 1. The number of nitrogens with zero attached hydrogens (tertiary/aromatic N) is 5. The second kappa shape index (κ2) is 5.66. The lowest BCUT2D eigenvalue weighted by molar-refractivity contribution is 0.102. The number of hydrogen-bond donors (Lipinski definition) is 1. The molecule has 0 bridgehead atoms. The second-order valence-corrected chi connectivity index (χ2v) is 4.62. The third-order valence-corrected chi connectivity index (χ3v) is 2.61. The molecule has 0 spiro atoms. The number of carbonyl (C=O) groups excluding carboxylic acids is 1. The molecule has 0 aliphatic carbocycles. The summed E-state index contributed by atoms with van der Waals surface area (Å²) in [6.07, 6.45) is 5.18. The van der Waals surface area contributed by atoms with Crippen molar-refractivity contribution >= 4 is 11.6 Å². The van der Waals surface area contributed by atoms with Crippen LogP contribution in [0.3, 0.4) is 0 Å². The molecule has 0 atom stereocenters. The number of aryl methyl sites for hydroxylation is 1. The van der Waals surface area contributed by atoms with Crippen molar-refractivity contribution in [1.29, 1.82) is 0 Å². The Morgan fingerprint density at radius 1 is 1.47 bits per heavy atom. The second-order valence-electron chi connectivity index (χ2n) is 4.62. The van der Waals surface area contributed by atoms with Gasteiger partial charge in [-0.3, -0.25) is 14.2 Å². The molecule has 102 valence electrons. The Hall–Kier alpha value is -2.15. The summed E-state index contributed by atoms with van der Waals surface area (Å²) in [6, 6.07) is 1.67. The van der Waals surface area contributed by atoms with Crippen LogP contribution in [0.5, 0.6) is 0 Å². The van der Waals surface area contributed by atoms with Crippen LogP contribution in [-0.4, -0.2) is 51.0 Å². The average Bonchev–Trinajstić information content (AvgIpc) is 2.95. The summed E-state index contributed by atoms with van der Waals surface area (Å²) in [7, 11) is 5.79. The Bertz CT molecular complexity index is 556. The topological polar surface area (TPSA) is 68.0 Å². The van der Waals surface area contributed by atoms with Crippen molar-refractivity contribution in [2.24, 2.45) is 7.05 Å². The number of nitrogens with one attached hydrogen (secondary N) is 1. The van der Waals surface area contributed by atoms with Crippen molar-refractivity contribution in [3.8, 4) is 0 Å². The summed E-state index contributed by atoms with van der Waals surface area (Å²) in [4.78, 5) is 13.9. The Balaban J connectivity index is 1.94. The van der Waals surface area contributed by atoms with Gasteiger partial charge in [0.15, 0.2) is 5.69 Å². The number of anilines is 1. The minimum atomic E-state index is -0.229. The molecule has 7 nitrogen and oxygen atoms in total.